The summed E-state index contributed by atoms with van der Waals surface area (Å²) in [5.74, 6) is 0. The zero-order valence-electron chi connectivity index (χ0n) is 11.0. The van der Waals surface area contributed by atoms with Crippen LogP contribution in [0, 0.1) is 0 Å². The minimum Gasteiger partial charge on any atom is -0.381 e. The summed E-state index contributed by atoms with van der Waals surface area (Å²) in [6.45, 7) is 0.560. The van der Waals surface area contributed by atoms with Crippen LogP contribution in [0.4, 0.5) is 5.69 Å². The molecule has 1 heterocycles. The maximum absolute atomic E-state index is 6.16. The van der Waals surface area contributed by atoms with Gasteiger partial charge >= 0.3 is 0 Å². The lowest BCUT2D eigenvalue weighted by Gasteiger charge is -2.11. The first-order chi connectivity index (χ1) is 10.2. The average Bonchev–Trinajstić information content (AvgIpc) is 3.01. The van der Waals surface area contributed by atoms with Gasteiger partial charge in [-0.1, -0.05) is 35.3 Å². The number of rotatable bonds is 4. The molecule has 0 aliphatic carbocycles. The molecular weight excluding hydrogens is 307 g/mol. The molecule has 3 aromatic rings. The molecule has 0 bridgehead atoms. The fraction of sp³-hybridized carbons (Fsp3) is 0.0667. The quantitative estimate of drug-likeness (QED) is 0.784. The number of nitrogens with one attached hydrogen (secondary N) is 1. The molecule has 2 aromatic carbocycles. The summed E-state index contributed by atoms with van der Waals surface area (Å²) in [5, 5.41) is 12.2. The zero-order chi connectivity index (χ0) is 14.7. The number of benzene rings is 2. The Bertz CT molecular complexity index is 721. The van der Waals surface area contributed by atoms with Gasteiger partial charge in [0.2, 0.25) is 0 Å². The Morgan fingerprint density at radius 2 is 1.62 bits per heavy atom. The normalized spacial score (nSPS) is 10.6. The smallest absolute Gasteiger partial charge is 0.123 e. The molecule has 21 heavy (non-hydrogen) atoms. The highest BCUT2D eigenvalue weighted by atomic mass is 35.5. The topological polar surface area (TPSA) is 42.7 Å². The van der Waals surface area contributed by atoms with Crippen molar-refractivity contribution in [1.82, 2.24) is 14.8 Å². The summed E-state index contributed by atoms with van der Waals surface area (Å²) in [6.07, 6.45) is 3.31. The van der Waals surface area contributed by atoms with Gasteiger partial charge in [-0.2, -0.15) is 0 Å². The maximum atomic E-state index is 6.16. The lowest BCUT2D eigenvalue weighted by molar-refractivity contribution is 1.05. The van der Waals surface area contributed by atoms with Gasteiger partial charge in [-0.25, -0.2) is 0 Å². The monoisotopic (exact) mass is 318 g/mol. The molecule has 0 aliphatic rings. The van der Waals surface area contributed by atoms with E-state index in [1.54, 1.807) is 12.7 Å². The van der Waals surface area contributed by atoms with E-state index >= 15 is 0 Å². The van der Waals surface area contributed by atoms with E-state index in [1.165, 1.54) is 0 Å². The van der Waals surface area contributed by atoms with Crippen molar-refractivity contribution in [3.05, 3.63) is 70.7 Å². The summed E-state index contributed by atoms with van der Waals surface area (Å²) >= 11 is 12.3. The molecule has 0 amide bonds. The van der Waals surface area contributed by atoms with Gasteiger partial charge < -0.3 is 5.32 Å². The Morgan fingerprint density at radius 3 is 2.33 bits per heavy atom. The molecule has 106 valence electrons. The van der Waals surface area contributed by atoms with Crippen molar-refractivity contribution in [2.45, 2.75) is 6.54 Å². The molecule has 0 radical (unpaired) electrons. The van der Waals surface area contributed by atoms with Crippen molar-refractivity contribution < 1.29 is 0 Å². The SMILES string of the molecule is Clc1cccc(Cl)c1CNc1cccc(-n2cnnc2)c1. The highest BCUT2D eigenvalue weighted by molar-refractivity contribution is 6.36. The average molecular weight is 319 g/mol. The van der Waals surface area contributed by atoms with Crippen LogP contribution in [0.1, 0.15) is 5.56 Å². The predicted molar refractivity (Wildman–Crippen MR) is 85.1 cm³/mol. The Hall–Kier alpha value is -2.04. The Kier molecular flexibility index (Phi) is 4.08. The minimum atomic E-state index is 0.560. The van der Waals surface area contributed by atoms with Crippen molar-refractivity contribution in [3.63, 3.8) is 0 Å². The first-order valence-corrected chi connectivity index (χ1v) is 7.11. The lowest BCUT2D eigenvalue weighted by Crippen LogP contribution is -2.01. The molecule has 1 N–H and O–H groups in total. The maximum Gasteiger partial charge on any atom is 0.123 e. The third kappa shape index (κ3) is 3.17. The van der Waals surface area contributed by atoms with E-state index in [0.717, 1.165) is 16.9 Å². The summed E-state index contributed by atoms with van der Waals surface area (Å²) in [4.78, 5) is 0. The fourth-order valence-electron chi connectivity index (χ4n) is 2.00. The molecule has 3 rings (SSSR count). The molecule has 1 aromatic heterocycles. The van der Waals surface area contributed by atoms with Crippen LogP contribution < -0.4 is 5.32 Å². The van der Waals surface area contributed by atoms with Gasteiger partial charge in [-0.05, 0) is 30.3 Å². The van der Waals surface area contributed by atoms with E-state index in [9.17, 15) is 0 Å². The molecule has 0 atom stereocenters. The van der Waals surface area contributed by atoms with E-state index < -0.39 is 0 Å². The molecule has 0 unspecified atom stereocenters. The summed E-state index contributed by atoms with van der Waals surface area (Å²) in [6, 6.07) is 13.4. The first kappa shape index (κ1) is 13.9. The number of nitrogens with zero attached hydrogens (tertiary/aromatic N) is 3. The van der Waals surface area contributed by atoms with Crippen LogP contribution in [-0.2, 0) is 6.54 Å². The Morgan fingerprint density at radius 1 is 0.952 bits per heavy atom. The van der Waals surface area contributed by atoms with Crippen molar-refractivity contribution in [3.8, 4) is 5.69 Å². The van der Waals surface area contributed by atoms with Crippen LogP contribution in [0.3, 0.4) is 0 Å². The number of aromatic nitrogens is 3. The van der Waals surface area contributed by atoms with Crippen molar-refractivity contribution in [2.24, 2.45) is 0 Å². The van der Waals surface area contributed by atoms with E-state index in [0.29, 0.717) is 16.6 Å². The highest BCUT2D eigenvalue weighted by Gasteiger charge is 2.05. The van der Waals surface area contributed by atoms with E-state index in [-0.39, 0.29) is 0 Å². The van der Waals surface area contributed by atoms with Gasteiger partial charge in [-0.3, -0.25) is 4.57 Å². The third-order valence-corrected chi connectivity index (χ3v) is 3.80. The fourth-order valence-corrected chi connectivity index (χ4v) is 2.53. The van der Waals surface area contributed by atoms with Gasteiger partial charge in [0.15, 0.2) is 0 Å². The number of hydrogen-bond acceptors (Lipinski definition) is 3. The zero-order valence-corrected chi connectivity index (χ0v) is 12.5. The van der Waals surface area contributed by atoms with Crippen molar-refractivity contribution in [1.29, 1.82) is 0 Å². The Balaban J connectivity index is 1.78. The van der Waals surface area contributed by atoms with E-state index in [2.05, 4.69) is 15.5 Å². The molecule has 0 saturated heterocycles. The van der Waals surface area contributed by atoms with Crippen LogP contribution in [0.25, 0.3) is 5.69 Å². The third-order valence-electron chi connectivity index (χ3n) is 3.09. The molecule has 6 heteroatoms. The summed E-state index contributed by atoms with van der Waals surface area (Å²) < 4.78 is 1.84. The minimum absolute atomic E-state index is 0.560. The second kappa shape index (κ2) is 6.16. The highest BCUT2D eigenvalue weighted by Crippen LogP contribution is 2.25. The van der Waals surface area contributed by atoms with Crippen LogP contribution in [-0.4, -0.2) is 14.8 Å². The van der Waals surface area contributed by atoms with E-state index in [1.807, 2.05) is 47.0 Å². The number of halogens is 2. The Labute approximate surface area is 132 Å². The van der Waals surface area contributed by atoms with Crippen LogP contribution in [0.2, 0.25) is 10.0 Å². The summed E-state index contributed by atoms with van der Waals surface area (Å²) in [7, 11) is 0. The second-order valence-corrected chi connectivity index (χ2v) is 5.29. The van der Waals surface area contributed by atoms with Crippen LogP contribution in [0.15, 0.2) is 55.1 Å². The predicted octanol–water partition coefficient (Wildman–Crippen LogP) is 4.19. The van der Waals surface area contributed by atoms with Gasteiger partial charge in [0, 0.05) is 27.8 Å². The van der Waals surface area contributed by atoms with Gasteiger partial charge in [0.1, 0.15) is 12.7 Å². The molecule has 0 fully saturated rings. The first-order valence-electron chi connectivity index (χ1n) is 6.36. The summed E-state index contributed by atoms with van der Waals surface area (Å²) in [5.41, 5.74) is 2.84. The van der Waals surface area contributed by atoms with Crippen LogP contribution >= 0.6 is 23.2 Å². The van der Waals surface area contributed by atoms with Gasteiger partial charge in [0.25, 0.3) is 0 Å². The number of hydrogen-bond donors (Lipinski definition) is 1. The second-order valence-electron chi connectivity index (χ2n) is 4.47. The van der Waals surface area contributed by atoms with Crippen molar-refractivity contribution >= 4 is 28.9 Å². The number of anilines is 1. The van der Waals surface area contributed by atoms with Gasteiger partial charge in [0.05, 0.1) is 5.69 Å². The molecule has 4 nitrogen and oxygen atoms in total. The molecule has 0 spiro atoms. The molecule has 0 saturated carbocycles. The van der Waals surface area contributed by atoms with Crippen LogP contribution in [0.5, 0.6) is 0 Å². The van der Waals surface area contributed by atoms with Gasteiger partial charge in [-0.15, -0.1) is 10.2 Å². The van der Waals surface area contributed by atoms with Crippen molar-refractivity contribution in [2.75, 3.05) is 5.32 Å². The molecule has 0 aliphatic heterocycles. The lowest BCUT2D eigenvalue weighted by atomic mass is 10.2. The van der Waals surface area contributed by atoms with E-state index in [4.69, 9.17) is 23.2 Å². The molecular formula is C15H12Cl2N4. The standard InChI is InChI=1S/C15H12Cl2N4/c16-14-5-2-6-15(17)13(14)8-18-11-3-1-4-12(7-11)21-9-19-20-10-21/h1-7,9-10,18H,8H2. The largest absolute Gasteiger partial charge is 0.381 e.